The molecule has 2 N–H and O–H groups in total. The van der Waals surface area contributed by atoms with Gasteiger partial charge in [0.05, 0.1) is 22.3 Å². The van der Waals surface area contributed by atoms with Crippen molar-refractivity contribution in [2.75, 3.05) is 18.0 Å². The summed E-state index contributed by atoms with van der Waals surface area (Å²) in [7, 11) is 1.79. The number of piperidine rings is 1. The predicted molar refractivity (Wildman–Crippen MR) is 166 cm³/mol. The molecule has 0 unspecified atom stereocenters. The fourth-order valence-corrected chi connectivity index (χ4v) is 6.18. The first kappa shape index (κ1) is 31.9. The minimum absolute atomic E-state index is 0.0604. The second-order valence-electron chi connectivity index (χ2n) is 13.6. The van der Waals surface area contributed by atoms with Crippen molar-refractivity contribution in [3.63, 3.8) is 0 Å². The number of alkyl halides is 1. The number of imidazole rings is 1. The largest absolute Gasteiger partial charge is 0.371 e. The molecule has 7 nitrogen and oxygen atoms in total. The van der Waals surface area contributed by atoms with Crippen LogP contribution in [0.2, 0.25) is 0 Å². The molecule has 3 aromatic rings. The number of anilines is 1. The quantitative estimate of drug-likeness (QED) is 0.326. The van der Waals surface area contributed by atoms with E-state index in [4.69, 9.17) is 4.98 Å². The second kappa shape index (κ2) is 12.8. The van der Waals surface area contributed by atoms with Crippen LogP contribution in [0.5, 0.6) is 0 Å². The van der Waals surface area contributed by atoms with E-state index in [0.29, 0.717) is 48.8 Å². The van der Waals surface area contributed by atoms with Crippen molar-refractivity contribution < 1.29 is 22.8 Å². The number of amides is 2. The molecule has 2 aromatic carbocycles. The first-order valence-corrected chi connectivity index (χ1v) is 15.7. The number of carbonyl (C=O) groups excluding carboxylic acids is 2. The van der Waals surface area contributed by atoms with Gasteiger partial charge in [0.15, 0.2) is 0 Å². The number of hydrogen-bond donors (Lipinski definition) is 2. The molecule has 2 fully saturated rings. The maximum absolute atomic E-state index is 15.6. The summed E-state index contributed by atoms with van der Waals surface area (Å²) in [5.74, 6) is -0.747. The summed E-state index contributed by atoms with van der Waals surface area (Å²) in [5.41, 5.74) is 1.87. The van der Waals surface area contributed by atoms with Gasteiger partial charge in [0, 0.05) is 55.7 Å². The zero-order chi connectivity index (χ0) is 31.8. The van der Waals surface area contributed by atoms with E-state index in [9.17, 15) is 18.4 Å². The molecule has 5 rings (SSSR count). The third kappa shape index (κ3) is 6.89. The number of nitrogens with zero attached hydrogens (tertiary/aromatic N) is 3. The molecule has 2 amide bonds. The Bertz CT molecular complexity index is 1530. The van der Waals surface area contributed by atoms with Gasteiger partial charge in [0.2, 0.25) is 5.91 Å². The normalized spacial score (nSPS) is 19.8. The molecular formula is C34H44F3N5O2. The predicted octanol–water partition coefficient (Wildman–Crippen LogP) is 6.35. The van der Waals surface area contributed by atoms with Crippen molar-refractivity contribution in [1.82, 2.24) is 20.2 Å². The maximum Gasteiger partial charge on any atom is 0.253 e. The lowest BCUT2D eigenvalue weighted by atomic mass is 9.87. The van der Waals surface area contributed by atoms with Crippen molar-refractivity contribution >= 4 is 28.5 Å². The van der Waals surface area contributed by atoms with Crippen LogP contribution < -0.4 is 15.5 Å². The highest BCUT2D eigenvalue weighted by Gasteiger charge is 2.28. The van der Waals surface area contributed by atoms with Gasteiger partial charge in [-0.15, -0.1) is 0 Å². The molecule has 1 aliphatic heterocycles. The van der Waals surface area contributed by atoms with Crippen molar-refractivity contribution in [3.8, 4) is 0 Å². The number of halogens is 3. The van der Waals surface area contributed by atoms with Crippen LogP contribution in [0, 0.1) is 23.0 Å². The first-order chi connectivity index (χ1) is 20.8. The Labute approximate surface area is 257 Å². The number of aryl methyl sites for hydroxylation is 1. The van der Waals surface area contributed by atoms with E-state index < -0.39 is 23.2 Å². The number of aromatic nitrogens is 2. The van der Waals surface area contributed by atoms with Crippen molar-refractivity contribution in [2.45, 2.75) is 91.4 Å². The van der Waals surface area contributed by atoms with Crippen LogP contribution in [0.15, 0.2) is 24.3 Å². The van der Waals surface area contributed by atoms with Crippen LogP contribution in [-0.2, 0) is 24.8 Å². The Morgan fingerprint density at radius 1 is 1.02 bits per heavy atom. The molecule has 2 heterocycles. The molecule has 0 bridgehead atoms. The van der Waals surface area contributed by atoms with E-state index in [1.807, 2.05) is 6.07 Å². The lowest BCUT2D eigenvalue weighted by Crippen LogP contribution is -2.39. The van der Waals surface area contributed by atoms with Crippen molar-refractivity contribution in [3.05, 3.63) is 58.4 Å². The zero-order valence-electron chi connectivity index (χ0n) is 26.4. The van der Waals surface area contributed by atoms with Gasteiger partial charge in [-0.3, -0.25) is 9.59 Å². The SMILES string of the molecule is CC1CCC(NC(=O)c2cc3nc(Cc4c(F)ccc(CNC(=O)C(C)(C)C)c4F)n(C)c3cc2N2CCC(F)CC2)CC1. The van der Waals surface area contributed by atoms with E-state index >= 15 is 4.39 Å². The third-order valence-corrected chi connectivity index (χ3v) is 9.17. The smallest absolute Gasteiger partial charge is 0.253 e. The number of fused-ring (bicyclic) bond motifs is 1. The lowest BCUT2D eigenvalue weighted by Gasteiger charge is -2.32. The monoisotopic (exact) mass is 611 g/mol. The van der Waals surface area contributed by atoms with Gasteiger partial charge in [0.25, 0.3) is 5.91 Å². The van der Waals surface area contributed by atoms with E-state index in [1.54, 1.807) is 38.5 Å². The Morgan fingerprint density at radius 2 is 1.70 bits per heavy atom. The van der Waals surface area contributed by atoms with Gasteiger partial charge in [-0.25, -0.2) is 18.2 Å². The average molecular weight is 612 g/mol. The fraction of sp³-hybridized carbons (Fsp3) is 0.559. The first-order valence-electron chi connectivity index (χ1n) is 15.7. The molecule has 1 aliphatic carbocycles. The van der Waals surface area contributed by atoms with E-state index in [2.05, 4.69) is 22.5 Å². The average Bonchev–Trinajstić information content (AvgIpc) is 3.29. The van der Waals surface area contributed by atoms with E-state index in [0.717, 1.165) is 36.9 Å². The summed E-state index contributed by atoms with van der Waals surface area (Å²) in [5, 5.41) is 5.94. The zero-order valence-corrected chi connectivity index (χ0v) is 26.4. The highest BCUT2D eigenvalue weighted by atomic mass is 19.1. The van der Waals surface area contributed by atoms with Gasteiger partial charge in [-0.1, -0.05) is 33.8 Å². The maximum atomic E-state index is 15.6. The summed E-state index contributed by atoms with van der Waals surface area (Å²) >= 11 is 0. The van der Waals surface area contributed by atoms with Gasteiger partial charge in [-0.05, 0) is 62.6 Å². The Balaban J connectivity index is 1.46. The minimum Gasteiger partial charge on any atom is -0.371 e. The topological polar surface area (TPSA) is 79.3 Å². The van der Waals surface area contributed by atoms with E-state index in [-0.39, 0.29) is 41.9 Å². The molecule has 1 aromatic heterocycles. The van der Waals surface area contributed by atoms with Gasteiger partial charge in [-0.2, -0.15) is 0 Å². The Hall–Kier alpha value is -3.56. The molecule has 44 heavy (non-hydrogen) atoms. The Morgan fingerprint density at radius 3 is 2.36 bits per heavy atom. The summed E-state index contributed by atoms with van der Waals surface area (Å²) in [4.78, 5) is 32.8. The lowest BCUT2D eigenvalue weighted by molar-refractivity contribution is -0.128. The molecule has 2 aliphatic rings. The van der Waals surface area contributed by atoms with Crippen LogP contribution in [0.1, 0.15) is 93.5 Å². The molecule has 10 heteroatoms. The standard InChI is InChI=1S/C34H44F3N5O2/c1-20-6-9-23(10-7-20)39-32(43)25-16-27-29(18-28(25)42-14-12-22(35)13-15-42)41(5)30(40-27)17-24-26(36)11-8-21(31(24)37)19-38-33(44)34(2,3)4/h8,11,16,18,20,22-23H,6-7,9-10,12-15,17,19H2,1-5H3,(H,38,44)(H,39,43). The third-order valence-electron chi connectivity index (χ3n) is 9.17. The molecule has 1 saturated heterocycles. The minimum atomic E-state index is -0.859. The molecular weight excluding hydrogens is 567 g/mol. The van der Waals surface area contributed by atoms with Crippen molar-refractivity contribution in [1.29, 1.82) is 0 Å². The van der Waals surface area contributed by atoms with Crippen LogP contribution in [0.25, 0.3) is 11.0 Å². The highest BCUT2D eigenvalue weighted by molar-refractivity contribution is 6.03. The molecule has 1 saturated carbocycles. The fourth-order valence-electron chi connectivity index (χ4n) is 6.18. The second-order valence-corrected chi connectivity index (χ2v) is 13.6. The van der Waals surface area contributed by atoms with Gasteiger partial charge < -0.3 is 20.1 Å². The van der Waals surface area contributed by atoms with Gasteiger partial charge in [0.1, 0.15) is 23.6 Å². The van der Waals surface area contributed by atoms with Crippen molar-refractivity contribution in [2.24, 2.45) is 18.4 Å². The van der Waals surface area contributed by atoms with E-state index in [1.165, 1.54) is 12.1 Å². The van der Waals surface area contributed by atoms with Crippen LogP contribution >= 0.6 is 0 Å². The van der Waals surface area contributed by atoms with Crippen LogP contribution in [-0.4, -0.2) is 46.7 Å². The number of benzene rings is 2. The summed E-state index contributed by atoms with van der Waals surface area (Å²) in [6.07, 6.45) is 3.81. The summed E-state index contributed by atoms with van der Waals surface area (Å²) < 4.78 is 46.4. The highest BCUT2D eigenvalue weighted by Crippen LogP contribution is 2.32. The molecule has 0 spiro atoms. The number of nitrogens with one attached hydrogen (secondary N) is 2. The summed E-state index contributed by atoms with van der Waals surface area (Å²) in [6, 6.07) is 6.30. The molecule has 238 valence electrons. The Kier molecular flexibility index (Phi) is 9.28. The van der Waals surface area contributed by atoms with Gasteiger partial charge >= 0.3 is 0 Å². The molecule has 0 atom stereocenters. The van der Waals surface area contributed by atoms with Crippen LogP contribution in [0.4, 0.5) is 18.9 Å². The van der Waals surface area contributed by atoms with Crippen LogP contribution in [0.3, 0.4) is 0 Å². The number of carbonyl (C=O) groups is 2. The number of hydrogen-bond acceptors (Lipinski definition) is 4. The summed E-state index contributed by atoms with van der Waals surface area (Å²) in [6.45, 7) is 8.45. The molecule has 0 radical (unpaired) electrons. The number of rotatable bonds is 7.